The van der Waals surface area contributed by atoms with Gasteiger partial charge in [-0.2, -0.15) is 0 Å². The third-order valence-corrected chi connectivity index (χ3v) is 4.30. The molecule has 1 aromatic rings. The van der Waals surface area contributed by atoms with Crippen LogP contribution < -0.4 is 0 Å². The van der Waals surface area contributed by atoms with Crippen LogP contribution >= 0.6 is 11.8 Å². The van der Waals surface area contributed by atoms with Gasteiger partial charge in [0.25, 0.3) is 0 Å². The Kier molecular flexibility index (Phi) is 5.93. The number of thioether (sulfide) groups is 1. The van der Waals surface area contributed by atoms with Gasteiger partial charge in [0.15, 0.2) is 0 Å². The third kappa shape index (κ3) is 3.84. The number of hydrogen-bond acceptors (Lipinski definition) is 2. The monoisotopic (exact) mass is 238 g/mol. The average Bonchev–Trinajstić information content (AvgIpc) is 2.35. The van der Waals surface area contributed by atoms with Crippen LogP contribution in [-0.2, 0) is 0 Å². The first kappa shape index (κ1) is 13.6. The van der Waals surface area contributed by atoms with Gasteiger partial charge in [-0.1, -0.05) is 45.4 Å². The number of rotatable bonds is 6. The van der Waals surface area contributed by atoms with Crippen LogP contribution in [0.5, 0.6) is 0 Å². The molecule has 0 saturated carbocycles. The summed E-state index contributed by atoms with van der Waals surface area (Å²) in [5, 5.41) is 9.92. The van der Waals surface area contributed by atoms with Gasteiger partial charge in [-0.15, -0.1) is 11.8 Å². The Balaban J connectivity index is 2.71. The first-order valence-electron chi connectivity index (χ1n) is 6.08. The summed E-state index contributed by atoms with van der Waals surface area (Å²) in [6, 6.07) is 8.20. The summed E-state index contributed by atoms with van der Waals surface area (Å²) in [5.41, 5.74) is 1.08. The van der Waals surface area contributed by atoms with Crippen LogP contribution in [0, 0.1) is 5.92 Å². The second kappa shape index (κ2) is 6.97. The highest BCUT2D eigenvalue weighted by Gasteiger charge is 2.10. The van der Waals surface area contributed by atoms with E-state index in [0.29, 0.717) is 0 Å². The van der Waals surface area contributed by atoms with Crippen molar-refractivity contribution in [2.45, 2.75) is 44.6 Å². The predicted octanol–water partition coefficient (Wildman–Crippen LogP) is 4.27. The molecule has 0 fully saturated rings. The molecule has 1 rings (SSSR count). The van der Waals surface area contributed by atoms with E-state index in [0.717, 1.165) is 23.7 Å². The van der Waals surface area contributed by atoms with Crippen LogP contribution in [0.1, 0.15) is 45.3 Å². The summed E-state index contributed by atoms with van der Waals surface area (Å²) < 4.78 is 0. The molecule has 0 saturated heterocycles. The number of aliphatic hydroxyl groups is 1. The van der Waals surface area contributed by atoms with Gasteiger partial charge in [0, 0.05) is 10.6 Å². The molecule has 0 aromatic heterocycles. The van der Waals surface area contributed by atoms with Crippen LogP contribution in [-0.4, -0.2) is 10.9 Å². The van der Waals surface area contributed by atoms with Crippen molar-refractivity contribution in [1.82, 2.24) is 0 Å². The molecule has 1 unspecified atom stereocenters. The lowest BCUT2D eigenvalue weighted by atomic mass is 10.1. The Labute approximate surface area is 103 Å². The fraction of sp³-hybridized carbons (Fsp3) is 0.571. The highest BCUT2D eigenvalue weighted by molar-refractivity contribution is 7.99. The van der Waals surface area contributed by atoms with Crippen molar-refractivity contribution in [3.05, 3.63) is 29.8 Å². The molecular formula is C14H22OS. The lowest BCUT2D eigenvalue weighted by Gasteiger charge is -2.15. The Hall–Kier alpha value is -0.470. The van der Waals surface area contributed by atoms with Crippen LogP contribution in [0.2, 0.25) is 0 Å². The zero-order chi connectivity index (χ0) is 12.0. The molecule has 0 aliphatic heterocycles. The fourth-order valence-corrected chi connectivity index (χ4v) is 2.70. The van der Waals surface area contributed by atoms with Gasteiger partial charge in [-0.05, 0) is 24.0 Å². The molecule has 0 bridgehead atoms. The molecule has 90 valence electrons. The maximum atomic E-state index is 9.92. The molecule has 0 amide bonds. The molecule has 1 nitrogen and oxygen atoms in total. The van der Waals surface area contributed by atoms with Gasteiger partial charge in [0.05, 0.1) is 6.10 Å². The van der Waals surface area contributed by atoms with Gasteiger partial charge >= 0.3 is 0 Å². The quantitative estimate of drug-likeness (QED) is 0.747. The lowest BCUT2D eigenvalue weighted by Crippen LogP contribution is -2.00. The fourth-order valence-electron chi connectivity index (χ4n) is 1.46. The van der Waals surface area contributed by atoms with Crippen molar-refractivity contribution in [3.63, 3.8) is 0 Å². The largest absolute Gasteiger partial charge is 0.388 e. The second-order valence-electron chi connectivity index (χ2n) is 4.29. The van der Waals surface area contributed by atoms with E-state index in [1.807, 2.05) is 36.9 Å². The molecule has 0 aliphatic rings. The number of benzene rings is 1. The molecule has 0 aliphatic carbocycles. The summed E-state index contributed by atoms with van der Waals surface area (Å²) in [7, 11) is 0. The van der Waals surface area contributed by atoms with Crippen molar-refractivity contribution < 1.29 is 5.11 Å². The average molecular weight is 238 g/mol. The van der Waals surface area contributed by atoms with Crippen molar-refractivity contribution >= 4 is 11.8 Å². The molecule has 2 atom stereocenters. The van der Waals surface area contributed by atoms with E-state index in [9.17, 15) is 5.11 Å². The lowest BCUT2D eigenvalue weighted by molar-refractivity contribution is 0.171. The van der Waals surface area contributed by atoms with Crippen LogP contribution in [0.4, 0.5) is 0 Å². The van der Waals surface area contributed by atoms with E-state index in [4.69, 9.17) is 0 Å². The molecule has 1 N–H and O–H groups in total. The minimum Gasteiger partial charge on any atom is -0.388 e. The van der Waals surface area contributed by atoms with Gasteiger partial charge in [0.2, 0.25) is 0 Å². The van der Waals surface area contributed by atoms with Gasteiger partial charge < -0.3 is 5.11 Å². The SMILES string of the molecule is CCC(C)CSc1ccccc1[C@H](O)CC. The van der Waals surface area contributed by atoms with E-state index in [1.54, 1.807) is 0 Å². The van der Waals surface area contributed by atoms with Crippen LogP contribution in [0.15, 0.2) is 29.2 Å². The minimum atomic E-state index is -0.319. The van der Waals surface area contributed by atoms with E-state index in [1.165, 1.54) is 11.3 Å². The Bertz CT molecular complexity index is 311. The first-order chi connectivity index (χ1) is 7.69. The topological polar surface area (TPSA) is 20.2 Å². The minimum absolute atomic E-state index is 0.319. The molecular weight excluding hydrogens is 216 g/mol. The van der Waals surface area contributed by atoms with Gasteiger partial charge in [0.1, 0.15) is 0 Å². The molecule has 16 heavy (non-hydrogen) atoms. The van der Waals surface area contributed by atoms with Crippen molar-refractivity contribution in [2.24, 2.45) is 5.92 Å². The van der Waals surface area contributed by atoms with Crippen molar-refractivity contribution in [3.8, 4) is 0 Å². The zero-order valence-electron chi connectivity index (χ0n) is 10.4. The Morgan fingerprint density at radius 3 is 2.50 bits per heavy atom. The molecule has 0 spiro atoms. The summed E-state index contributed by atoms with van der Waals surface area (Å²) in [4.78, 5) is 1.23. The van der Waals surface area contributed by atoms with Crippen molar-refractivity contribution in [1.29, 1.82) is 0 Å². The molecule has 2 heteroatoms. The third-order valence-electron chi connectivity index (χ3n) is 2.88. The Morgan fingerprint density at radius 1 is 1.19 bits per heavy atom. The first-order valence-corrected chi connectivity index (χ1v) is 7.07. The highest BCUT2D eigenvalue weighted by Crippen LogP contribution is 2.30. The predicted molar refractivity (Wildman–Crippen MR) is 71.9 cm³/mol. The number of hydrogen-bond donors (Lipinski definition) is 1. The Morgan fingerprint density at radius 2 is 1.88 bits per heavy atom. The summed E-state index contributed by atoms with van der Waals surface area (Å²) in [6.07, 6.45) is 1.67. The van der Waals surface area contributed by atoms with E-state index in [2.05, 4.69) is 19.9 Å². The normalized spacial score (nSPS) is 14.8. The van der Waals surface area contributed by atoms with Gasteiger partial charge in [-0.3, -0.25) is 0 Å². The summed E-state index contributed by atoms with van der Waals surface area (Å²) in [6.45, 7) is 6.50. The number of aliphatic hydroxyl groups excluding tert-OH is 1. The van der Waals surface area contributed by atoms with E-state index >= 15 is 0 Å². The summed E-state index contributed by atoms with van der Waals surface area (Å²) in [5.74, 6) is 1.86. The van der Waals surface area contributed by atoms with E-state index in [-0.39, 0.29) is 6.10 Å². The maximum Gasteiger partial charge on any atom is 0.0798 e. The molecule has 1 aromatic carbocycles. The molecule has 0 radical (unpaired) electrons. The van der Waals surface area contributed by atoms with Crippen molar-refractivity contribution in [2.75, 3.05) is 5.75 Å². The van der Waals surface area contributed by atoms with E-state index < -0.39 is 0 Å². The van der Waals surface area contributed by atoms with Gasteiger partial charge in [-0.25, -0.2) is 0 Å². The standard InChI is InChI=1S/C14H22OS/c1-4-11(3)10-16-14-9-7-6-8-12(14)13(15)5-2/h6-9,11,13,15H,4-5,10H2,1-3H3/t11?,13-/m1/s1. The maximum absolute atomic E-state index is 9.92. The highest BCUT2D eigenvalue weighted by atomic mass is 32.2. The zero-order valence-corrected chi connectivity index (χ0v) is 11.3. The smallest absolute Gasteiger partial charge is 0.0798 e. The van der Waals surface area contributed by atoms with Crippen LogP contribution in [0.3, 0.4) is 0 Å². The molecule has 0 heterocycles. The second-order valence-corrected chi connectivity index (χ2v) is 5.35. The summed E-state index contributed by atoms with van der Waals surface area (Å²) >= 11 is 1.86. The van der Waals surface area contributed by atoms with Crippen LogP contribution in [0.25, 0.3) is 0 Å².